The molecule has 0 aliphatic rings. The molecule has 0 unspecified atom stereocenters. The molecule has 0 fully saturated rings. The standard InChI is InChI=1S/C8H8O2.C6H14O2/c1-10-8(9)7-5-3-2-4-6-7;1-3-4-5-6-8-7-2/h2-6H,1H3;3-6H2,1-2H3. The first-order valence-electron chi connectivity index (χ1n) is 6.05. The van der Waals surface area contributed by atoms with Gasteiger partial charge in [0.25, 0.3) is 0 Å². The minimum absolute atomic E-state index is 0.291. The number of hydrogen-bond acceptors (Lipinski definition) is 4. The van der Waals surface area contributed by atoms with Gasteiger partial charge in [0, 0.05) is 0 Å². The highest BCUT2D eigenvalue weighted by Gasteiger charge is 2.00. The molecule has 4 heteroatoms. The Balaban J connectivity index is 0.000000331. The van der Waals surface area contributed by atoms with Crippen LogP contribution >= 0.6 is 0 Å². The lowest BCUT2D eigenvalue weighted by Crippen LogP contribution is -1.99. The summed E-state index contributed by atoms with van der Waals surface area (Å²) in [6.07, 6.45) is 3.56. The smallest absolute Gasteiger partial charge is 0.337 e. The summed E-state index contributed by atoms with van der Waals surface area (Å²) in [4.78, 5) is 19.8. The molecule has 0 bridgehead atoms. The number of benzene rings is 1. The molecule has 0 aliphatic heterocycles. The number of ether oxygens (including phenoxy) is 1. The van der Waals surface area contributed by atoms with Gasteiger partial charge in [-0.15, -0.1) is 0 Å². The third kappa shape index (κ3) is 8.73. The van der Waals surface area contributed by atoms with Crippen molar-refractivity contribution in [3.05, 3.63) is 35.9 Å². The van der Waals surface area contributed by atoms with Crippen molar-refractivity contribution in [2.24, 2.45) is 0 Å². The van der Waals surface area contributed by atoms with E-state index in [0.717, 1.165) is 13.0 Å². The Hall–Kier alpha value is -1.39. The summed E-state index contributed by atoms with van der Waals surface area (Å²) in [7, 11) is 2.90. The van der Waals surface area contributed by atoms with Gasteiger partial charge in [-0.3, -0.25) is 0 Å². The average Bonchev–Trinajstić information content (AvgIpc) is 2.44. The summed E-state index contributed by atoms with van der Waals surface area (Å²) < 4.78 is 4.50. The highest BCUT2D eigenvalue weighted by Crippen LogP contribution is 1.98. The normalized spacial score (nSPS) is 9.28. The lowest BCUT2D eigenvalue weighted by molar-refractivity contribution is -0.272. The Bertz CT molecular complexity index is 292. The summed E-state index contributed by atoms with van der Waals surface area (Å²) >= 11 is 0. The fraction of sp³-hybridized carbons (Fsp3) is 0.500. The molecular weight excluding hydrogens is 232 g/mol. The van der Waals surface area contributed by atoms with E-state index in [1.807, 2.05) is 6.07 Å². The molecule has 0 radical (unpaired) electrons. The van der Waals surface area contributed by atoms with Gasteiger partial charge >= 0.3 is 5.97 Å². The van der Waals surface area contributed by atoms with E-state index in [-0.39, 0.29) is 5.97 Å². The monoisotopic (exact) mass is 254 g/mol. The van der Waals surface area contributed by atoms with Crippen LogP contribution in [0.3, 0.4) is 0 Å². The minimum Gasteiger partial charge on any atom is -0.465 e. The van der Waals surface area contributed by atoms with Crippen molar-refractivity contribution in [2.45, 2.75) is 26.2 Å². The van der Waals surface area contributed by atoms with Gasteiger partial charge in [-0.25, -0.2) is 14.6 Å². The zero-order chi connectivity index (χ0) is 13.6. The number of carbonyl (C=O) groups excluding carboxylic acids is 1. The van der Waals surface area contributed by atoms with Crippen LogP contribution < -0.4 is 0 Å². The molecule has 0 atom stereocenters. The number of esters is 1. The van der Waals surface area contributed by atoms with Crippen molar-refractivity contribution in [1.29, 1.82) is 0 Å². The molecule has 0 spiro atoms. The molecule has 0 aromatic heterocycles. The van der Waals surface area contributed by atoms with Gasteiger partial charge < -0.3 is 4.74 Å². The topological polar surface area (TPSA) is 44.8 Å². The highest BCUT2D eigenvalue weighted by atomic mass is 17.2. The van der Waals surface area contributed by atoms with Crippen molar-refractivity contribution in [3.63, 3.8) is 0 Å². The van der Waals surface area contributed by atoms with Crippen molar-refractivity contribution in [3.8, 4) is 0 Å². The van der Waals surface area contributed by atoms with Gasteiger partial charge in [0.05, 0.1) is 26.4 Å². The summed E-state index contributed by atoms with van der Waals surface area (Å²) in [5.41, 5.74) is 0.588. The van der Waals surface area contributed by atoms with E-state index in [1.165, 1.54) is 27.1 Å². The van der Waals surface area contributed by atoms with Crippen molar-refractivity contribution in [1.82, 2.24) is 0 Å². The maximum atomic E-state index is 10.8. The van der Waals surface area contributed by atoms with E-state index in [1.54, 1.807) is 24.3 Å². The first-order valence-corrected chi connectivity index (χ1v) is 6.05. The quantitative estimate of drug-likeness (QED) is 0.338. The Morgan fingerprint density at radius 2 is 1.78 bits per heavy atom. The predicted molar refractivity (Wildman–Crippen MR) is 70.3 cm³/mol. The number of rotatable bonds is 6. The molecule has 4 nitrogen and oxygen atoms in total. The van der Waals surface area contributed by atoms with E-state index in [2.05, 4.69) is 21.4 Å². The van der Waals surface area contributed by atoms with Gasteiger partial charge in [-0.05, 0) is 18.6 Å². The molecule has 0 N–H and O–H groups in total. The molecule has 1 aromatic carbocycles. The number of methoxy groups -OCH3 is 1. The van der Waals surface area contributed by atoms with Crippen LogP contribution in [0.1, 0.15) is 36.5 Å². The van der Waals surface area contributed by atoms with Gasteiger partial charge in [-0.1, -0.05) is 38.0 Å². The molecule has 0 aliphatic carbocycles. The maximum Gasteiger partial charge on any atom is 0.337 e. The van der Waals surface area contributed by atoms with Crippen LogP contribution in [-0.2, 0) is 14.5 Å². The fourth-order valence-corrected chi connectivity index (χ4v) is 1.19. The third-order valence-corrected chi connectivity index (χ3v) is 2.14. The molecule has 18 heavy (non-hydrogen) atoms. The molecule has 0 saturated carbocycles. The third-order valence-electron chi connectivity index (χ3n) is 2.14. The van der Waals surface area contributed by atoms with Gasteiger partial charge in [0.15, 0.2) is 0 Å². The Morgan fingerprint density at radius 3 is 2.28 bits per heavy atom. The van der Waals surface area contributed by atoms with Crippen molar-refractivity contribution >= 4 is 5.97 Å². The second kappa shape index (κ2) is 12.1. The van der Waals surface area contributed by atoms with E-state index < -0.39 is 0 Å². The first-order chi connectivity index (χ1) is 8.76. The van der Waals surface area contributed by atoms with E-state index in [4.69, 9.17) is 0 Å². The molecule has 1 aromatic rings. The Labute approximate surface area is 109 Å². The first kappa shape index (κ1) is 16.6. The second-order valence-electron chi connectivity index (χ2n) is 3.55. The fourth-order valence-electron chi connectivity index (χ4n) is 1.19. The SMILES string of the molecule is CCCCCOOC.COC(=O)c1ccccc1. The summed E-state index contributed by atoms with van der Waals surface area (Å²) in [5.74, 6) is -0.291. The summed E-state index contributed by atoms with van der Waals surface area (Å²) in [6.45, 7) is 2.89. The number of unbranched alkanes of at least 4 members (excludes halogenated alkanes) is 2. The lowest BCUT2D eigenvalue weighted by Gasteiger charge is -1.95. The highest BCUT2D eigenvalue weighted by molar-refractivity contribution is 5.89. The number of hydrogen-bond donors (Lipinski definition) is 0. The van der Waals surface area contributed by atoms with Gasteiger partial charge in [0.2, 0.25) is 0 Å². The van der Waals surface area contributed by atoms with Crippen LogP contribution in [0, 0.1) is 0 Å². The van der Waals surface area contributed by atoms with Crippen LogP contribution in [-0.4, -0.2) is 26.8 Å². The molecule has 1 rings (SSSR count). The van der Waals surface area contributed by atoms with Crippen molar-refractivity contribution in [2.75, 3.05) is 20.8 Å². The molecular formula is C14H22O4. The molecule has 0 heterocycles. The van der Waals surface area contributed by atoms with Crippen molar-refractivity contribution < 1.29 is 19.3 Å². The van der Waals surface area contributed by atoms with E-state index >= 15 is 0 Å². The average molecular weight is 254 g/mol. The number of carbonyl (C=O) groups is 1. The summed E-state index contributed by atoms with van der Waals surface area (Å²) in [5, 5.41) is 0. The van der Waals surface area contributed by atoms with Gasteiger partial charge in [0.1, 0.15) is 0 Å². The van der Waals surface area contributed by atoms with Crippen LogP contribution in [0.4, 0.5) is 0 Å². The predicted octanol–water partition coefficient (Wildman–Crippen LogP) is 3.23. The maximum absolute atomic E-state index is 10.8. The molecule has 0 saturated heterocycles. The largest absolute Gasteiger partial charge is 0.465 e. The van der Waals surface area contributed by atoms with Crippen LogP contribution in [0.25, 0.3) is 0 Å². The van der Waals surface area contributed by atoms with Crippen LogP contribution in [0.5, 0.6) is 0 Å². The molecule has 0 amide bonds. The van der Waals surface area contributed by atoms with Gasteiger partial charge in [-0.2, -0.15) is 0 Å². The van der Waals surface area contributed by atoms with E-state index in [0.29, 0.717) is 5.56 Å². The Kier molecular flexibility index (Phi) is 11.1. The summed E-state index contributed by atoms with van der Waals surface area (Å²) in [6, 6.07) is 8.88. The van der Waals surface area contributed by atoms with Crippen LogP contribution in [0.15, 0.2) is 30.3 Å². The molecule has 102 valence electrons. The zero-order valence-electron chi connectivity index (χ0n) is 11.3. The minimum atomic E-state index is -0.291. The van der Waals surface area contributed by atoms with Crippen LogP contribution in [0.2, 0.25) is 0 Å². The zero-order valence-corrected chi connectivity index (χ0v) is 11.3. The Morgan fingerprint density at radius 1 is 1.11 bits per heavy atom. The second-order valence-corrected chi connectivity index (χ2v) is 3.55. The lowest BCUT2D eigenvalue weighted by atomic mass is 10.2. The van der Waals surface area contributed by atoms with E-state index in [9.17, 15) is 4.79 Å².